The second-order valence-electron chi connectivity index (χ2n) is 4.16. The van der Waals surface area contributed by atoms with Gasteiger partial charge in [-0.15, -0.1) is 0 Å². The molecule has 2 aromatic rings. The number of carbonyl (C=O) groups is 2. The molecule has 0 atom stereocenters. The zero-order chi connectivity index (χ0) is 15.8. The highest BCUT2D eigenvalue weighted by atomic mass is 19.4. The summed E-state index contributed by atoms with van der Waals surface area (Å²) in [4.78, 5) is 32.4. The van der Waals surface area contributed by atoms with E-state index in [1.54, 1.807) is 0 Å². The number of hydrogen-bond acceptors (Lipinski definition) is 4. The number of fused-ring (bicyclic) bond motifs is 1. The molecule has 2 aromatic heterocycles. The summed E-state index contributed by atoms with van der Waals surface area (Å²) < 4.78 is 37.0. The number of aromatic nitrogens is 3. The zero-order valence-corrected chi connectivity index (χ0v) is 10.6. The second kappa shape index (κ2) is 5.04. The molecule has 2 N–H and O–H groups in total. The van der Waals surface area contributed by atoms with E-state index in [-0.39, 0.29) is 23.7 Å². The molecule has 2 heterocycles. The number of carboxylic acid groups (broad SMARTS) is 1. The molecule has 7 nitrogen and oxygen atoms in total. The standard InChI is InChI=1S/C11H9F3N4O3/c1-18(10(21)11(12,13)14)7-3-2-5-9(17-7)16-6(15-5)4-8(19)20/h2-3H,4H2,1H3,(H,19,20)(H,15,16,17). The highest BCUT2D eigenvalue weighted by Gasteiger charge is 2.42. The monoisotopic (exact) mass is 302 g/mol. The number of rotatable bonds is 3. The van der Waals surface area contributed by atoms with E-state index < -0.39 is 18.1 Å². The largest absolute Gasteiger partial charge is 0.481 e. The molecule has 10 heteroatoms. The van der Waals surface area contributed by atoms with Crippen LogP contribution < -0.4 is 4.90 Å². The fourth-order valence-corrected chi connectivity index (χ4v) is 1.64. The normalized spacial score (nSPS) is 11.6. The summed E-state index contributed by atoms with van der Waals surface area (Å²) in [5, 5.41) is 8.64. The Hall–Kier alpha value is -2.65. The van der Waals surface area contributed by atoms with Crippen molar-refractivity contribution in [1.29, 1.82) is 0 Å². The Balaban J connectivity index is 2.34. The third-order valence-corrected chi connectivity index (χ3v) is 2.59. The SMILES string of the molecule is CN(C(=O)C(F)(F)F)c1ccc2[nH]c(CC(=O)O)nc2n1. The molecule has 21 heavy (non-hydrogen) atoms. The fourth-order valence-electron chi connectivity index (χ4n) is 1.64. The molecule has 112 valence electrons. The summed E-state index contributed by atoms with van der Waals surface area (Å²) in [6, 6.07) is 2.57. The van der Waals surface area contributed by atoms with Crippen LogP contribution in [0, 0.1) is 0 Å². The molecule has 1 amide bonds. The highest BCUT2D eigenvalue weighted by molar-refractivity contribution is 5.96. The van der Waals surface area contributed by atoms with Crippen molar-refractivity contribution in [3.8, 4) is 0 Å². The van der Waals surface area contributed by atoms with Crippen LogP contribution in [0.5, 0.6) is 0 Å². The van der Waals surface area contributed by atoms with Gasteiger partial charge in [0, 0.05) is 7.05 Å². The number of anilines is 1. The molecule has 0 saturated carbocycles. The molecule has 2 rings (SSSR count). The van der Waals surface area contributed by atoms with Gasteiger partial charge in [-0.1, -0.05) is 0 Å². The molecule has 0 spiro atoms. The predicted molar refractivity (Wildman–Crippen MR) is 64.7 cm³/mol. The number of halogens is 3. The van der Waals surface area contributed by atoms with Crippen molar-refractivity contribution in [2.24, 2.45) is 0 Å². The lowest BCUT2D eigenvalue weighted by molar-refractivity contribution is -0.170. The smallest absolute Gasteiger partial charge is 0.471 e. The molecule has 0 aliphatic rings. The van der Waals surface area contributed by atoms with Gasteiger partial charge in [0.1, 0.15) is 18.1 Å². The number of hydrogen-bond donors (Lipinski definition) is 2. The summed E-state index contributed by atoms with van der Waals surface area (Å²) in [7, 11) is 0.939. The summed E-state index contributed by atoms with van der Waals surface area (Å²) in [5.41, 5.74) is 0.397. The van der Waals surface area contributed by atoms with Crippen LogP contribution in [-0.4, -0.2) is 45.2 Å². The lowest BCUT2D eigenvalue weighted by atomic mass is 10.4. The van der Waals surface area contributed by atoms with Crippen molar-refractivity contribution in [2.45, 2.75) is 12.6 Å². The van der Waals surface area contributed by atoms with Gasteiger partial charge in [0.2, 0.25) is 0 Å². The van der Waals surface area contributed by atoms with Gasteiger partial charge >= 0.3 is 18.1 Å². The van der Waals surface area contributed by atoms with Crippen LogP contribution in [0.25, 0.3) is 11.2 Å². The minimum Gasteiger partial charge on any atom is -0.481 e. The molecule has 0 aliphatic heterocycles. The van der Waals surface area contributed by atoms with E-state index in [0.717, 1.165) is 7.05 Å². The van der Waals surface area contributed by atoms with Crippen LogP contribution in [0.15, 0.2) is 12.1 Å². The summed E-state index contributed by atoms with van der Waals surface area (Å²) in [6.07, 6.45) is -5.38. The van der Waals surface area contributed by atoms with Gasteiger partial charge in [-0.3, -0.25) is 14.5 Å². The van der Waals surface area contributed by atoms with E-state index in [9.17, 15) is 22.8 Å². The fraction of sp³-hybridized carbons (Fsp3) is 0.273. The van der Waals surface area contributed by atoms with E-state index in [1.807, 2.05) is 0 Å². The Bertz CT molecular complexity index is 710. The van der Waals surface area contributed by atoms with Crippen LogP contribution in [0.1, 0.15) is 5.82 Å². The Labute approximate surface area is 115 Å². The first kappa shape index (κ1) is 14.8. The molecule has 0 bridgehead atoms. The van der Waals surface area contributed by atoms with Crippen molar-refractivity contribution in [3.05, 3.63) is 18.0 Å². The molecule has 0 aliphatic carbocycles. The number of H-pyrrole nitrogens is 1. The number of carboxylic acids is 1. The minimum atomic E-state index is -5.01. The number of pyridine rings is 1. The van der Waals surface area contributed by atoms with Crippen LogP contribution in [0.3, 0.4) is 0 Å². The Morgan fingerprint density at radius 1 is 1.33 bits per heavy atom. The van der Waals surface area contributed by atoms with Gasteiger partial charge in [0.05, 0.1) is 5.52 Å². The van der Waals surface area contributed by atoms with Gasteiger partial charge in [-0.25, -0.2) is 9.97 Å². The number of nitrogens with zero attached hydrogens (tertiary/aromatic N) is 3. The number of aromatic amines is 1. The van der Waals surface area contributed by atoms with Crippen LogP contribution in [-0.2, 0) is 16.0 Å². The Morgan fingerprint density at radius 3 is 2.57 bits per heavy atom. The van der Waals surface area contributed by atoms with E-state index >= 15 is 0 Å². The van der Waals surface area contributed by atoms with Crippen LogP contribution >= 0.6 is 0 Å². The van der Waals surface area contributed by atoms with Crippen molar-refractivity contribution >= 4 is 28.9 Å². The Kier molecular flexibility index (Phi) is 3.54. The first-order valence-electron chi connectivity index (χ1n) is 5.61. The number of carbonyl (C=O) groups excluding carboxylic acids is 1. The average molecular weight is 302 g/mol. The van der Waals surface area contributed by atoms with Crippen molar-refractivity contribution in [2.75, 3.05) is 11.9 Å². The number of nitrogens with one attached hydrogen (secondary N) is 1. The molecule has 0 radical (unpaired) electrons. The molecular formula is C11H9F3N4O3. The number of amides is 1. The summed E-state index contributed by atoms with van der Waals surface area (Å²) in [5.74, 6) is -3.29. The molecule has 0 aromatic carbocycles. The van der Waals surface area contributed by atoms with Crippen molar-refractivity contribution in [1.82, 2.24) is 15.0 Å². The summed E-state index contributed by atoms with van der Waals surface area (Å²) >= 11 is 0. The molecule has 0 fully saturated rings. The summed E-state index contributed by atoms with van der Waals surface area (Å²) in [6.45, 7) is 0. The number of aliphatic carboxylic acids is 1. The van der Waals surface area contributed by atoms with Crippen LogP contribution in [0.4, 0.5) is 19.0 Å². The third kappa shape index (κ3) is 3.09. The highest BCUT2D eigenvalue weighted by Crippen LogP contribution is 2.22. The Morgan fingerprint density at radius 2 is 2.00 bits per heavy atom. The van der Waals surface area contributed by atoms with Gasteiger partial charge in [-0.2, -0.15) is 13.2 Å². The topological polar surface area (TPSA) is 99.2 Å². The maximum atomic E-state index is 12.3. The second-order valence-corrected chi connectivity index (χ2v) is 4.16. The molecule has 0 saturated heterocycles. The van der Waals surface area contributed by atoms with E-state index in [1.165, 1.54) is 12.1 Å². The lowest BCUT2D eigenvalue weighted by Crippen LogP contribution is -2.38. The maximum absolute atomic E-state index is 12.3. The molecule has 0 unspecified atom stereocenters. The van der Waals surface area contributed by atoms with Crippen LogP contribution in [0.2, 0.25) is 0 Å². The van der Waals surface area contributed by atoms with E-state index in [0.29, 0.717) is 10.4 Å². The first-order chi connectivity index (χ1) is 9.68. The van der Waals surface area contributed by atoms with Gasteiger partial charge in [-0.05, 0) is 12.1 Å². The minimum absolute atomic E-state index is 0.0329. The van der Waals surface area contributed by atoms with E-state index in [2.05, 4.69) is 15.0 Å². The van der Waals surface area contributed by atoms with Gasteiger partial charge in [0.25, 0.3) is 0 Å². The predicted octanol–water partition coefficient (Wildman–Crippen LogP) is 1.11. The number of imidazole rings is 1. The van der Waals surface area contributed by atoms with Gasteiger partial charge < -0.3 is 10.1 Å². The first-order valence-corrected chi connectivity index (χ1v) is 5.61. The maximum Gasteiger partial charge on any atom is 0.471 e. The van der Waals surface area contributed by atoms with E-state index in [4.69, 9.17) is 5.11 Å². The quantitative estimate of drug-likeness (QED) is 0.885. The van der Waals surface area contributed by atoms with Gasteiger partial charge in [0.15, 0.2) is 5.65 Å². The molecular weight excluding hydrogens is 293 g/mol. The average Bonchev–Trinajstić information content (AvgIpc) is 2.75. The van der Waals surface area contributed by atoms with Crippen molar-refractivity contribution < 1.29 is 27.9 Å². The number of alkyl halides is 3. The van der Waals surface area contributed by atoms with Crippen molar-refractivity contribution in [3.63, 3.8) is 0 Å². The third-order valence-electron chi connectivity index (χ3n) is 2.59. The zero-order valence-electron chi connectivity index (χ0n) is 10.6. The lowest BCUT2D eigenvalue weighted by Gasteiger charge is -2.17.